The van der Waals surface area contributed by atoms with Gasteiger partial charge in [-0.1, -0.05) is 35.5 Å². The Kier molecular flexibility index (Phi) is 6.45. The Balaban J connectivity index is 0.00000264. The molecule has 40 heavy (non-hydrogen) atoms. The van der Waals surface area contributed by atoms with Crippen LogP contribution in [0, 0.1) is 24.9 Å². The molecule has 6 heteroatoms. The van der Waals surface area contributed by atoms with Crippen LogP contribution in [0.25, 0.3) is 47.7 Å². The maximum atomic E-state index is 3.78. The van der Waals surface area contributed by atoms with E-state index >= 15 is 0 Å². The standard InChI is InChI=1S/C34H21N3S2.Pd/c1-35-18-19-36(22-35)24-10-7-11-25(20-24)38-26-14-15-27-28-16-17-32-33(29-12-5-6-13-31(29)39-32)34(28)37(30(27)21-26)23-8-3-2-4-9-23;/h2-8,10-19,22H,1H3;/q-4;. The second-order valence-electron chi connectivity index (χ2n) is 9.59. The summed E-state index contributed by atoms with van der Waals surface area (Å²) in [5.74, 6) is 0. The second kappa shape index (κ2) is 10.1. The van der Waals surface area contributed by atoms with Crippen molar-refractivity contribution in [3.8, 4) is 5.69 Å². The molecule has 0 N–H and O–H groups in total. The van der Waals surface area contributed by atoms with E-state index in [1.807, 2.05) is 54.5 Å². The number of hydrogen-bond donors (Lipinski definition) is 0. The Morgan fingerprint density at radius 2 is 1.55 bits per heavy atom. The smallest absolute Gasteiger partial charge is 0.0469 e. The molecule has 0 fully saturated rings. The topological polar surface area (TPSA) is 11.4 Å². The molecule has 0 atom stereocenters. The molecule has 0 saturated heterocycles. The normalized spacial score (nSPS) is 13.2. The van der Waals surface area contributed by atoms with Crippen molar-refractivity contribution >= 4 is 70.8 Å². The summed E-state index contributed by atoms with van der Waals surface area (Å²) in [6.45, 7) is 2.04. The number of thiophene rings is 1. The molecule has 0 aliphatic carbocycles. The van der Waals surface area contributed by atoms with Crippen LogP contribution in [-0.2, 0) is 20.4 Å². The second-order valence-corrected chi connectivity index (χ2v) is 11.8. The van der Waals surface area contributed by atoms with Gasteiger partial charge in [-0.15, -0.1) is 62.2 Å². The first-order chi connectivity index (χ1) is 19.2. The van der Waals surface area contributed by atoms with Crippen LogP contribution in [0.5, 0.6) is 0 Å². The summed E-state index contributed by atoms with van der Waals surface area (Å²) >= 11 is 3.54. The molecule has 3 heterocycles. The summed E-state index contributed by atoms with van der Waals surface area (Å²) in [6.07, 6.45) is 4.07. The first-order valence-corrected chi connectivity index (χ1v) is 14.4. The molecule has 0 radical (unpaired) electrons. The Morgan fingerprint density at radius 1 is 0.725 bits per heavy atom. The van der Waals surface area contributed by atoms with E-state index in [1.54, 1.807) is 11.8 Å². The van der Waals surface area contributed by atoms with Gasteiger partial charge in [0.25, 0.3) is 0 Å². The molecular formula is C34H21N3PdS2-4. The third-order valence-corrected chi connectivity index (χ3v) is 9.16. The summed E-state index contributed by atoms with van der Waals surface area (Å²) in [5, 5.41) is 5.02. The average Bonchev–Trinajstić information content (AvgIpc) is 3.66. The molecule has 0 unspecified atom stereocenters. The molecule has 0 bridgehead atoms. The fourth-order valence-corrected chi connectivity index (χ4v) is 7.33. The van der Waals surface area contributed by atoms with Gasteiger partial charge in [-0.2, -0.15) is 61.3 Å². The molecule has 2 aromatic heterocycles. The van der Waals surface area contributed by atoms with Crippen LogP contribution < -0.4 is 4.90 Å². The van der Waals surface area contributed by atoms with Crippen molar-refractivity contribution in [1.29, 1.82) is 0 Å². The van der Waals surface area contributed by atoms with E-state index < -0.39 is 0 Å². The van der Waals surface area contributed by atoms with Crippen LogP contribution in [0.2, 0.25) is 0 Å². The van der Waals surface area contributed by atoms with Crippen molar-refractivity contribution in [2.45, 2.75) is 9.79 Å². The van der Waals surface area contributed by atoms with Crippen LogP contribution >= 0.6 is 23.1 Å². The van der Waals surface area contributed by atoms with Crippen LogP contribution in [0.15, 0.2) is 113 Å². The minimum absolute atomic E-state index is 0. The van der Waals surface area contributed by atoms with Gasteiger partial charge in [-0.25, -0.2) is 0 Å². The fourth-order valence-electron chi connectivity index (χ4n) is 5.40. The molecule has 3 nitrogen and oxygen atoms in total. The van der Waals surface area contributed by atoms with E-state index in [2.05, 4.69) is 107 Å². The zero-order chi connectivity index (χ0) is 25.9. The minimum atomic E-state index is 0. The summed E-state index contributed by atoms with van der Waals surface area (Å²) in [5.41, 5.74) is 4.32. The molecule has 198 valence electrons. The number of para-hydroxylation sites is 1. The van der Waals surface area contributed by atoms with E-state index in [9.17, 15) is 0 Å². The van der Waals surface area contributed by atoms with Crippen LogP contribution in [0.4, 0.5) is 5.69 Å². The van der Waals surface area contributed by atoms with Crippen molar-refractivity contribution in [1.82, 2.24) is 9.47 Å². The molecule has 0 spiro atoms. The minimum Gasteiger partial charge on any atom is -0.510 e. The first kappa shape index (κ1) is 25.4. The Labute approximate surface area is 255 Å². The van der Waals surface area contributed by atoms with Crippen molar-refractivity contribution < 1.29 is 20.4 Å². The summed E-state index contributed by atoms with van der Waals surface area (Å²) in [4.78, 5) is 6.22. The predicted octanol–water partition coefficient (Wildman–Crippen LogP) is 9.04. The quantitative estimate of drug-likeness (QED) is 0.140. The molecule has 8 rings (SSSR count). The maximum absolute atomic E-state index is 3.78. The van der Waals surface area contributed by atoms with Crippen molar-refractivity contribution in [3.63, 3.8) is 0 Å². The number of fused-ring (bicyclic) bond motifs is 7. The number of aromatic nitrogens is 1. The third-order valence-electron chi connectivity index (χ3n) is 7.11. The Hall–Kier alpha value is -3.53. The summed E-state index contributed by atoms with van der Waals surface area (Å²) in [7, 11) is 2.02. The first-order valence-electron chi connectivity index (χ1n) is 12.7. The van der Waals surface area contributed by atoms with Crippen LogP contribution in [-0.4, -0.2) is 16.5 Å². The third kappa shape index (κ3) is 4.15. The van der Waals surface area contributed by atoms with E-state index in [4.69, 9.17) is 0 Å². The van der Waals surface area contributed by atoms with Crippen molar-refractivity contribution in [2.24, 2.45) is 0 Å². The van der Waals surface area contributed by atoms with E-state index in [-0.39, 0.29) is 20.4 Å². The van der Waals surface area contributed by atoms with Gasteiger partial charge in [0, 0.05) is 46.1 Å². The number of anilines is 1. The van der Waals surface area contributed by atoms with Crippen molar-refractivity contribution in [2.75, 3.05) is 11.9 Å². The van der Waals surface area contributed by atoms with Gasteiger partial charge in [0.1, 0.15) is 0 Å². The Morgan fingerprint density at radius 3 is 2.40 bits per heavy atom. The maximum Gasteiger partial charge on any atom is 0.0469 e. The zero-order valence-corrected chi connectivity index (χ0v) is 24.6. The van der Waals surface area contributed by atoms with Gasteiger partial charge in [0.15, 0.2) is 0 Å². The fraction of sp³-hybridized carbons (Fsp3) is 0.0294. The van der Waals surface area contributed by atoms with Gasteiger partial charge >= 0.3 is 0 Å². The average molecular weight is 642 g/mol. The monoisotopic (exact) mass is 641 g/mol. The largest absolute Gasteiger partial charge is 0.510 e. The number of hydrogen-bond acceptors (Lipinski definition) is 4. The van der Waals surface area contributed by atoms with Gasteiger partial charge < -0.3 is 14.4 Å². The molecule has 0 saturated carbocycles. The van der Waals surface area contributed by atoms with Gasteiger partial charge in [-0.05, 0) is 37.0 Å². The van der Waals surface area contributed by atoms with Gasteiger partial charge in [-0.3, -0.25) is 0 Å². The molecular weight excluding hydrogens is 621 g/mol. The molecule has 0 amide bonds. The van der Waals surface area contributed by atoms with E-state index in [0.29, 0.717) is 0 Å². The van der Waals surface area contributed by atoms with Gasteiger partial charge in [0.05, 0.1) is 0 Å². The number of nitrogens with zero attached hydrogens (tertiary/aromatic N) is 3. The SMILES string of the molecule is CN1C=CN(c2[c-]c(Sc3[c-]c4c(cc3)c3ccc5sc6ccccc6c5c3n4-c3[c-]cccc3)ccc2)[CH-]1.[Pd]. The van der Waals surface area contributed by atoms with Crippen molar-refractivity contribution in [3.05, 3.63) is 128 Å². The predicted molar refractivity (Wildman–Crippen MR) is 164 cm³/mol. The van der Waals surface area contributed by atoms with E-state index in [1.165, 1.54) is 36.5 Å². The number of benzene rings is 5. The molecule has 1 aliphatic heterocycles. The van der Waals surface area contributed by atoms with Crippen LogP contribution in [0.1, 0.15) is 0 Å². The molecule has 5 aromatic carbocycles. The Bertz CT molecular complexity index is 2060. The summed E-state index contributed by atoms with van der Waals surface area (Å²) in [6, 6.07) is 43.0. The molecule has 7 aromatic rings. The van der Waals surface area contributed by atoms with Crippen LogP contribution in [0.3, 0.4) is 0 Å². The number of rotatable bonds is 4. The van der Waals surface area contributed by atoms with Gasteiger partial charge in [0.2, 0.25) is 0 Å². The summed E-state index contributed by atoms with van der Waals surface area (Å²) < 4.78 is 4.94. The molecule has 1 aliphatic rings. The zero-order valence-electron chi connectivity index (χ0n) is 21.4. The van der Waals surface area contributed by atoms with E-state index in [0.717, 1.165) is 26.7 Å².